The van der Waals surface area contributed by atoms with Crippen LogP contribution in [-0.2, 0) is 14.8 Å². The number of aliphatic carboxylic acids is 1. The molecule has 0 spiro atoms. The van der Waals surface area contributed by atoms with Gasteiger partial charge in [0.25, 0.3) is 10.0 Å². The Balaban J connectivity index is 1.63. The highest BCUT2D eigenvalue weighted by Gasteiger charge is 2.40. The zero-order valence-electron chi connectivity index (χ0n) is 20.1. The van der Waals surface area contributed by atoms with Gasteiger partial charge in [-0.1, -0.05) is 18.2 Å². The van der Waals surface area contributed by atoms with Crippen molar-refractivity contribution in [3.05, 3.63) is 83.5 Å². The van der Waals surface area contributed by atoms with Gasteiger partial charge >= 0.3 is 5.97 Å². The van der Waals surface area contributed by atoms with Crippen molar-refractivity contribution in [2.24, 2.45) is 0 Å². The van der Waals surface area contributed by atoms with Gasteiger partial charge in [-0.05, 0) is 66.1 Å². The third kappa shape index (κ3) is 4.75. The number of rotatable bonds is 5. The maximum atomic E-state index is 14.2. The Kier molecular flexibility index (Phi) is 6.35. The SMILES string of the molecule is [C-]#[N+]c1cc(F)cc(-c2ccc3c(c2)N(S(=O)(=O)c2cccc(C)c2)C[C@@H]2CN(CC(=O)O)CCN32)c1. The van der Waals surface area contributed by atoms with Crippen LogP contribution in [0.2, 0.25) is 0 Å². The molecule has 190 valence electrons. The molecule has 3 aromatic rings. The molecule has 0 amide bonds. The van der Waals surface area contributed by atoms with Crippen molar-refractivity contribution in [2.45, 2.75) is 17.9 Å². The Morgan fingerprint density at radius 3 is 2.59 bits per heavy atom. The number of nitrogens with zero attached hydrogens (tertiary/aromatic N) is 4. The Labute approximate surface area is 215 Å². The quantitative estimate of drug-likeness (QED) is 0.509. The van der Waals surface area contributed by atoms with E-state index in [1.807, 2.05) is 24.0 Å². The van der Waals surface area contributed by atoms with E-state index in [-0.39, 0.29) is 29.7 Å². The van der Waals surface area contributed by atoms with E-state index in [0.717, 1.165) is 11.6 Å². The summed E-state index contributed by atoms with van der Waals surface area (Å²) < 4.78 is 43.5. The number of fused-ring (bicyclic) bond motifs is 3. The van der Waals surface area contributed by atoms with Crippen molar-refractivity contribution in [1.29, 1.82) is 0 Å². The molecule has 0 bridgehead atoms. The van der Waals surface area contributed by atoms with E-state index in [0.29, 0.717) is 42.1 Å². The van der Waals surface area contributed by atoms with E-state index >= 15 is 0 Å². The highest BCUT2D eigenvalue weighted by Crippen LogP contribution is 2.42. The van der Waals surface area contributed by atoms with Gasteiger partial charge in [0, 0.05) is 19.6 Å². The smallest absolute Gasteiger partial charge is 0.317 e. The van der Waals surface area contributed by atoms with E-state index in [1.165, 1.54) is 10.4 Å². The van der Waals surface area contributed by atoms with Crippen molar-refractivity contribution < 1.29 is 22.7 Å². The van der Waals surface area contributed by atoms with Crippen LogP contribution in [0, 0.1) is 19.3 Å². The average molecular weight is 521 g/mol. The van der Waals surface area contributed by atoms with Crippen molar-refractivity contribution in [3.8, 4) is 11.1 Å². The second-order valence-corrected chi connectivity index (χ2v) is 11.2. The van der Waals surface area contributed by atoms with Crippen LogP contribution in [-0.4, -0.2) is 63.2 Å². The Morgan fingerprint density at radius 2 is 1.86 bits per heavy atom. The minimum atomic E-state index is -3.96. The number of hydrogen-bond donors (Lipinski definition) is 1. The highest BCUT2D eigenvalue weighted by atomic mass is 32.2. The Morgan fingerprint density at radius 1 is 1.05 bits per heavy atom. The number of piperazine rings is 1. The first-order chi connectivity index (χ1) is 17.7. The monoisotopic (exact) mass is 520 g/mol. The normalized spacial score (nSPS) is 17.6. The fraction of sp³-hybridized carbons (Fsp3) is 0.259. The van der Waals surface area contributed by atoms with Crippen LogP contribution in [0.1, 0.15) is 5.56 Å². The van der Waals surface area contributed by atoms with Crippen LogP contribution in [0.5, 0.6) is 0 Å². The number of benzene rings is 3. The number of hydrogen-bond acceptors (Lipinski definition) is 5. The molecule has 0 aromatic heterocycles. The molecule has 1 fully saturated rings. The minimum absolute atomic E-state index is 0.107. The number of carboxylic acids is 1. The summed E-state index contributed by atoms with van der Waals surface area (Å²) in [5.74, 6) is -1.47. The molecule has 8 nitrogen and oxygen atoms in total. The summed E-state index contributed by atoms with van der Waals surface area (Å²) in [6.07, 6.45) is 0. The van der Waals surface area contributed by atoms with Crippen LogP contribution in [0.3, 0.4) is 0 Å². The number of sulfonamides is 1. The fourth-order valence-corrected chi connectivity index (χ4v) is 6.71. The summed E-state index contributed by atoms with van der Waals surface area (Å²) in [5, 5.41) is 9.26. The average Bonchev–Trinajstić information content (AvgIpc) is 2.87. The van der Waals surface area contributed by atoms with Gasteiger partial charge in [-0.25, -0.2) is 17.7 Å². The molecule has 0 unspecified atom stereocenters. The molecule has 37 heavy (non-hydrogen) atoms. The molecule has 1 N–H and O–H groups in total. The maximum absolute atomic E-state index is 14.2. The van der Waals surface area contributed by atoms with Crippen LogP contribution < -0.4 is 9.21 Å². The van der Waals surface area contributed by atoms with E-state index in [1.54, 1.807) is 36.4 Å². The second-order valence-electron chi connectivity index (χ2n) is 9.34. The lowest BCUT2D eigenvalue weighted by Crippen LogP contribution is -2.61. The third-order valence-corrected chi connectivity index (χ3v) is 8.55. The lowest BCUT2D eigenvalue weighted by atomic mass is 10.00. The summed E-state index contributed by atoms with van der Waals surface area (Å²) >= 11 is 0. The molecule has 2 aliphatic heterocycles. The zero-order chi connectivity index (χ0) is 26.3. The first kappa shape index (κ1) is 24.7. The van der Waals surface area contributed by atoms with Crippen LogP contribution in [0.15, 0.2) is 65.6 Å². The summed E-state index contributed by atoms with van der Waals surface area (Å²) in [7, 11) is -3.96. The Bertz CT molecular complexity index is 1540. The molecule has 1 atom stereocenters. The van der Waals surface area contributed by atoms with Gasteiger partial charge in [0.05, 0.1) is 42.0 Å². The van der Waals surface area contributed by atoms with Gasteiger partial charge in [-0.2, -0.15) is 0 Å². The van der Waals surface area contributed by atoms with E-state index in [4.69, 9.17) is 6.57 Å². The van der Waals surface area contributed by atoms with Crippen molar-refractivity contribution in [2.75, 3.05) is 41.9 Å². The Hall–Kier alpha value is -3.94. The fourth-order valence-electron chi connectivity index (χ4n) is 5.10. The van der Waals surface area contributed by atoms with Gasteiger partial charge < -0.3 is 10.0 Å². The van der Waals surface area contributed by atoms with Gasteiger partial charge in [0.15, 0.2) is 5.69 Å². The third-order valence-electron chi connectivity index (χ3n) is 6.78. The molecular formula is C27H25FN4O4S. The predicted octanol–water partition coefficient (Wildman–Crippen LogP) is 4.14. The summed E-state index contributed by atoms with van der Waals surface area (Å²) in [5.41, 5.74) is 3.23. The molecule has 0 radical (unpaired) electrons. The van der Waals surface area contributed by atoms with Crippen LogP contribution in [0.4, 0.5) is 21.5 Å². The first-order valence-electron chi connectivity index (χ1n) is 11.8. The highest BCUT2D eigenvalue weighted by molar-refractivity contribution is 7.92. The molecule has 10 heteroatoms. The lowest BCUT2D eigenvalue weighted by Gasteiger charge is -2.49. The first-order valence-corrected chi connectivity index (χ1v) is 13.2. The van der Waals surface area contributed by atoms with E-state index in [2.05, 4.69) is 9.74 Å². The molecule has 0 aliphatic carbocycles. The predicted molar refractivity (Wildman–Crippen MR) is 139 cm³/mol. The number of carbonyl (C=O) groups is 1. The van der Waals surface area contributed by atoms with Gasteiger partial charge in [-0.15, -0.1) is 0 Å². The van der Waals surface area contributed by atoms with Crippen molar-refractivity contribution >= 4 is 33.1 Å². The summed E-state index contributed by atoms with van der Waals surface area (Å²) in [6.45, 7) is 10.6. The van der Waals surface area contributed by atoms with Gasteiger partial charge in [0.1, 0.15) is 5.82 Å². The largest absolute Gasteiger partial charge is 0.480 e. The summed E-state index contributed by atoms with van der Waals surface area (Å²) in [6, 6.07) is 15.9. The lowest BCUT2D eigenvalue weighted by molar-refractivity contribution is -0.138. The molecule has 3 aromatic carbocycles. The topological polar surface area (TPSA) is 85.5 Å². The number of carboxylic acid groups (broad SMARTS) is 1. The number of halogens is 1. The number of aryl methyl sites for hydroxylation is 1. The number of anilines is 2. The van der Waals surface area contributed by atoms with Crippen LogP contribution >= 0.6 is 0 Å². The molecule has 2 heterocycles. The van der Waals surface area contributed by atoms with Crippen molar-refractivity contribution in [3.63, 3.8) is 0 Å². The van der Waals surface area contributed by atoms with Crippen molar-refractivity contribution in [1.82, 2.24) is 4.90 Å². The molecule has 0 saturated carbocycles. The molecular weight excluding hydrogens is 495 g/mol. The minimum Gasteiger partial charge on any atom is -0.480 e. The zero-order valence-corrected chi connectivity index (χ0v) is 20.9. The molecule has 1 saturated heterocycles. The van der Waals surface area contributed by atoms with Gasteiger partial charge in [-0.3, -0.25) is 14.0 Å². The molecule has 5 rings (SSSR count). The van der Waals surface area contributed by atoms with E-state index in [9.17, 15) is 22.7 Å². The summed E-state index contributed by atoms with van der Waals surface area (Å²) in [4.78, 5) is 18.7. The van der Waals surface area contributed by atoms with E-state index < -0.39 is 21.8 Å². The molecule has 2 aliphatic rings. The second kappa shape index (κ2) is 9.50. The van der Waals surface area contributed by atoms with Crippen LogP contribution in [0.25, 0.3) is 16.0 Å². The maximum Gasteiger partial charge on any atom is 0.317 e. The standard InChI is InChI=1S/C27H25FN4O4S/c1-18-4-3-5-24(10-18)37(35,36)32-16-23-15-30(17-27(33)34)8-9-31(23)25-7-6-19(13-26(25)32)20-11-21(28)14-22(12-20)29-2/h3-7,10-14,23H,8-9,15-17H2,1H3,(H,33,34)/t23-/m0/s1. The van der Waals surface area contributed by atoms with Gasteiger partial charge in [0.2, 0.25) is 0 Å².